The minimum atomic E-state index is -0.421. The molecule has 3 nitrogen and oxygen atoms in total. The molecule has 0 fully saturated rings. The second kappa shape index (κ2) is 8.48. The summed E-state index contributed by atoms with van der Waals surface area (Å²) in [6.07, 6.45) is 6.37. The molecule has 98 valence electrons. The molecule has 0 spiro atoms. The third-order valence-electron chi connectivity index (χ3n) is 2.77. The van der Waals surface area contributed by atoms with E-state index < -0.39 is 6.04 Å². The van der Waals surface area contributed by atoms with Crippen molar-refractivity contribution < 1.29 is 4.79 Å². The first-order valence-corrected chi connectivity index (χ1v) is 6.42. The topological polar surface area (TPSA) is 55.1 Å². The minimum absolute atomic E-state index is 0.0598. The maximum Gasteiger partial charge on any atom is 0.236 e. The van der Waals surface area contributed by atoms with Crippen LogP contribution in [0.4, 0.5) is 0 Å². The molecule has 0 aliphatic rings. The number of hydrogen-bond acceptors (Lipinski definition) is 2. The van der Waals surface area contributed by atoms with Crippen LogP contribution in [0.3, 0.4) is 0 Å². The first kappa shape index (κ1) is 14.5. The van der Waals surface area contributed by atoms with Crippen LogP contribution < -0.4 is 11.1 Å². The van der Waals surface area contributed by atoms with Crippen LogP contribution >= 0.6 is 0 Å². The highest BCUT2D eigenvalue weighted by molar-refractivity contribution is 5.81. The lowest BCUT2D eigenvalue weighted by Gasteiger charge is -2.11. The third kappa shape index (κ3) is 5.64. The maximum atomic E-state index is 11.7. The molecule has 1 amide bonds. The van der Waals surface area contributed by atoms with Gasteiger partial charge in [-0.2, -0.15) is 0 Å². The van der Waals surface area contributed by atoms with E-state index in [9.17, 15) is 4.79 Å². The van der Waals surface area contributed by atoms with Crippen molar-refractivity contribution in [2.75, 3.05) is 6.54 Å². The van der Waals surface area contributed by atoms with Gasteiger partial charge in [-0.15, -0.1) is 0 Å². The highest BCUT2D eigenvalue weighted by atomic mass is 16.2. The largest absolute Gasteiger partial charge is 0.354 e. The lowest BCUT2D eigenvalue weighted by molar-refractivity contribution is -0.122. The van der Waals surface area contributed by atoms with Gasteiger partial charge in [0.15, 0.2) is 0 Å². The Morgan fingerprint density at radius 3 is 2.78 bits per heavy atom. The molecule has 0 aliphatic heterocycles. The summed E-state index contributed by atoms with van der Waals surface area (Å²) in [4.78, 5) is 11.7. The van der Waals surface area contributed by atoms with E-state index in [-0.39, 0.29) is 5.91 Å². The first-order valence-electron chi connectivity index (χ1n) is 6.42. The predicted octanol–water partition coefficient (Wildman–Crippen LogP) is 2.03. The minimum Gasteiger partial charge on any atom is -0.354 e. The summed E-state index contributed by atoms with van der Waals surface area (Å²) < 4.78 is 0. The zero-order chi connectivity index (χ0) is 13.2. The number of rotatable bonds is 7. The summed E-state index contributed by atoms with van der Waals surface area (Å²) in [7, 11) is 0. The second-order valence-corrected chi connectivity index (χ2v) is 4.28. The molecule has 3 heteroatoms. The summed E-state index contributed by atoms with van der Waals surface area (Å²) in [6, 6.07) is 9.66. The lowest BCUT2D eigenvalue weighted by Crippen LogP contribution is -2.41. The Balaban J connectivity index is 2.23. The van der Waals surface area contributed by atoms with Gasteiger partial charge in [0.05, 0.1) is 6.04 Å². The molecule has 3 N–H and O–H groups in total. The molecule has 0 heterocycles. The quantitative estimate of drug-likeness (QED) is 0.571. The van der Waals surface area contributed by atoms with E-state index in [0.29, 0.717) is 13.0 Å². The molecule has 18 heavy (non-hydrogen) atoms. The molecule has 0 aliphatic carbocycles. The fourth-order valence-electron chi connectivity index (χ4n) is 1.67. The van der Waals surface area contributed by atoms with Gasteiger partial charge in [0, 0.05) is 6.54 Å². The fourth-order valence-corrected chi connectivity index (χ4v) is 1.67. The molecule has 0 saturated heterocycles. The van der Waals surface area contributed by atoms with Crippen molar-refractivity contribution in [1.29, 1.82) is 0 Å². The van der Waals surface area contributed by atoms with Crippen molar-refractivity contribution >= 4 is 5.91 Å². The van der Waals surface area contributed by atoms with Crippen LogP contribution in [0.1, 0.15) is 25.3 Å². The van der Waals surface area contributed by atoms with Crippen LogP contribution in [0.2, 0.25) is 0 Å². The Kier molecular flexibility index (Phi) is 6.81. The number of carbonyl (C=O) groups excluding carboxylic acids is 1. The van der Waals surface area contributed by atoms with Gasteiger partial charge in [0.1, 0.15) is 0 Å². The van der Waals surface area contributed by atoms with E-state index in [1.54, 1.807) is 0 Å². The van der Waals surface area contributed by atoms with Crippen molar-refractivity contribution in [1.82, 2.24) is 5.32 Å². The average molecular weight is 246 g/mol. The summed E-state index contributed by atoms with van der Waals surface area (Å²) >= 11 is 0. The molecule has 1 unspecified atom stereocenters. The molecule has 1 atom stereocenters. The van der Waals surface area contributed by atoms with Gasteiger partial charge in [-0.3, -0.25) is 4.79 Å². The second-order valence-electron chi connectivity index (χ2n) is 4.28. The van der Waals surface area contributed by atoms with E-state index in [1.807, 2.05) is 37.3 Å². The highest BCUT2D eigenvalue weighted by Crippen LogP contribution is 2.04. The molecule has 0 aromatic heterocycles. The monoisotopic (exact) mass is 246 g/mol. The number of nitrogens with two attached hydrogens (primary N) is 1. The molecular formula is C15H22N2O. The summed E-state index contributed by atoms with van der Waals surface area (Å²) in [5.41, 5.74) is 7.07. The van der Waals surface area contributed by atoms with Gasteiger partial charge in [-0.05, 0) is 31.7 Å². The van der Waals surface area contributed by atoms with Crippen molar-refractivity contribution in [3.8, 4) is 0 Å². The predicted molar refractivity (Wildman–Crippen MR) is 75.2 cm³/mol. The Morgan fingerprint density at radius 1 is 1.39 bits per heavy atom. The number of benzene rings is 1. The van der Waals surface area contributed by atoms with Crippen LogP contribution in [0, 0.1) is 0 Å². The molecule has 0 radical (unpaired) electrons. The van der Waals surface area contributed by atoms with Crippen LogP contribution in [0.15, 0.2) is 42.5 Å². The molecule has 1 rings (SSSR count). The van der Waals surface area contributed by atoms with Crippen LogP contribution in [0.25, 0.3) is 0 Å². The van der Waals surface area contributed by atoms with Crippen molar-refractivity contribution in [2.24, 2.45) is 5.73 Å². The van der Waals surface area contributed by atoms with E-state index in [0.717, 1.165) is 12.8 Å². The Hall–Kier alpha value is -1.61. The molecule has 0 saturated carbocycles. The van der Waals surface area contributed by atoms with E-state index in [4.69, 9.17) is 5.73 Å². The zero-order valence-corrected chi connectivity index (χ0v) is 10.9. The molecule has 1 aromatic carbocycles. The number of nitrogens with one attached hydrogen (secondary N) is 1. The SMILES string of the molecule is C/C=C/CCNC(=O)C(N)CCc1ccccc1. The maximum absolute atomic E-state index is 11.7. The van der Waals surface area contributed by atoms with Gasteiger partial charge in [0.2, 0.25) is 5.91 Å². The normalized spacial score (nSPS) is 12.6. The Bertz CT molecular complexity index is 373. The molecule has 1 aromatic rings. The van der Waals surface area contributed by atoms with Crippen molar-refractivity contribution in [3.05, 3.63) is 48.0 Å². The average Bonchev–Trinajstić information content (AvgIpc) is 2.42. The van der Waals surface area contributed by atoms with E-state index in [2.05, 4.69) is 17.4 Å². The summed E-state index contributed by atoms with van der Waals surface area (Å²) in [5.74, 6) is -0.0598. The Morgan fingerprint density at radius 2 is 2.11 bits per heavy atom. The highest BCUT2D eigenvalue weighted by Gasteiger charge is 2.12. The van der Waals surface area contributed by atoms with Gasteiger partial charge in [-0.1, -0.05) is 42.5 Å². The van der Waals surface area contributed by atoms with Crippen LogP contribution in [-0.2, 0) is 11.2 Å². The Labute approximate surface area is 109 Å². The number of aryl methyl sites for hydroxylation is 1. The fraction of sp³-hybridized carbons (Fsp3) is 0.400. The number of hydrogen-bond donors (Lipinski definition) is 2. The number of allylic oxidation sites excluding steroid dienone is 1. The van der Waals surface area contributed by atoms with Gasteiger partial charge < -0.3 is 11.1 Å². The third-order valence-corrected chi connectivity index (χ3v) is 2.77. The first-order chi connectivity index (χ1) is 8.74. The van der Waals surface area contributed by atoms with Gasteiger partial charge >= 0.3 is 0 Å². The van der Waals surface area contributed by atoms with Crippen LogP contribution in [0.5, 0.6) is 0 Å². The van der Waals surface area contributed by atoms with Crippen LogP contribution in [-0.4, -0.2) is 18.5 Å². The van der Waals surface area contributed by atoms with Crippen molar-refractivity contribution in [2.45, 2.75) is 32.2 Å². The smallest absolute Gasteiger partial charge is 0.236 e. The molecular weight excluding hydrogens is 224 g/mol. The van der Waals surface area contributed by atoms with Crippen molar-refractivity contribution in [3.63, 3.8) is 0 Å². The number of amides is 1. The molecule has 0 bridgehead atoms. The number of carbonyl (C=O) groups is 1. The van der Waals surface area contributed by atoms with Gasteiger partial charge in [0.25, 0.3) is 0 Å². The van der Waals surface area contributed by atoms with E-state index >= 15 is 0 Å². The summed E-state index contributed by atoms with van der Waals surface area (Å²) in [6.45, 7) is 2.62. The zero-order valence-electron chi connectivity index (χ0n) is 10.9. The van der Waals surface area contributed by atoms with Gasteiger partial charge in [-0.25, -0.2) is 0 Å². The summed E-state index contributed by atoms with van der Waals surface area (Å²) in [5, 5.41) is 2.84. The standard InChI is InChI=1S/C15H22N2O/c1-2-3-7-12-17-15(18)14(16)11-10-13-8-5-4-6-9-13/h2-6,8-9,14H,7,10-12,16H2,1H3,(H,17,18)/b3-2+. The lowest BCUT2D eigenvalue weighted by atomic mass is 10.1. The van der Waals surface area contributed by atoms with E-state index in [1.165, 1.54) is 5.56 Å².